The molecule has 2 heterocycles. The van der Waals surface area contributed by atoms with Crippen molar-refractivity contribution in [2.45, 2.75) is 44.6 Å². The zero-order valence-electron chi connectivity index (χ0n) is 18.7. The highest BCUT2D eigenvalue weighted by Gasteiger charge is 2.34. The van der Waals surface area contributed by atoms with Gasteiger partial charge in [-0.05, 0) is 37.8 Å². The van der Waals surface area contributed by atoms with Gasteiger partial charge in [0.25, 0.3) is 0 Å². The molecule has 2 aliphatic rings. The molecule has 1 aliphatic heterocycles. The van der Waals surface area contributed by atoms with Crippen molar-refractivity contribution in [2.75, 3.05) is 57.1 Å². The number of rotatable bonds is 13. The van der Waals surface area contributed by atoms with Crippen molar-refractivity contribution in [2.24, 2.45) is 0 Å². The summed E-state index contributed by atoms with van der Waals surface area (Å²) in [5.41, 5.74) is 0.799. The van der Waals surface area contributed by atoms with Crippen molar-refractivity contribution in [1.82, 2.24) is 19.7 Å². The molecule has 0 amide bonds. The van der Waals surface area contributed by atoms with E-state index < -0.39 is 10.0 Å². The van der Waals surface area contributed by atoms with E-state index in [4.69, 9.17) is 15.0 Å². The smallest absolute Gasteiger partial charge is 0.236 e. The Morgan fingerprint density at radius 3 is 2.66 bits per heavy atom. The van der Waals surface area contributed by atoms with Crippen LogP contribution in [-0.4, -0.2) is 86.5 Å². The van der Waals surface area contributed by atoms with Crippen molar-refractivity contribution in [3.8, 4) is 0 Å². The van der Waals surface area contributed by atoms with Crippen LogP contribution in [0.4, 0.5) is 5.69 Å². The number of hydroxylamine groups is 1. The molecule has 11 heteroatoms. The highest BCUT2D eigenvalue weighted by molar-refractivity contribution is 7.88. The van der Waals surface area contributed by atoms with E-state index in [0.717, 1.165) is 64.1 Å². The molecule has 0 radical (unpaired) electrons. The molecule has 32 heavy (non-hydrogen) atoms. The van der Waals surface area contributed by atoms with Crippen molar-refractivity contribution in [1.29, 1.82) is 5.41 Å². The quantitative estimate of drug-likeness (QED) is 0.173. The number of unbranched alkanes of at least 4 members (excludes halogenated alkanes) is 2. The summed E-state index contributed by atoms with van der Waals surface area (Å²) >= 11 is 0. The lowest BCUT2D eigenvalue weighted by Gasteiger charge is -2.36. The van der Waals surface area contributed by atoms with Crippen LogP contribution in [0.3, 0.4) is 0 Å². The van der Waals surface area contributed by atoms with Gasteiger partial charge in [-0.3, -0.25) is 20.1 Å². The first kappa shape index (κ1) is 24.8. The normalized spacial score (nSPS) is 17.8. The molecule has 1 aromatic rings. The summed E-state index contributed by atoms with van der Waals surface area (Å²) in [6.45, 7) is 4.88. The molecule has 1 aliphatic carbocycles. The summed E-state index contributed by atoms with van der Waals surface area (Å²) in [4.78, 5) is 12.0. The van der Waals surface area contributed by atoms with Gasteiger partial charge in [0.2, 0.25) is 10.0 Å². The lowest BCUT2D eigenvalue weighted by atomic mass is 9.94. The predicted molar refractivity (Wildman–Crippen MR) is 124 cm³/mol. The topological polar surface area (TPSA) is 120 Å². The van der Waals surface area contributed by atoms with E-state index in [1.165, 1.54) is 4.47 Å². The third-order valence-electron chi connectivity index (χ3n) is 5.71. The standard InChI is InChI=1S/C21H36N6O4S/c22-21(25-19-7-10-23-11-8-19)24-9-2-1-3-18-32(28,29)27(20-5-4-6-20)31-17-14-26-12-15-30-16-13-26/h7-8,10-11,20H,1-6,9,12-18H2,(H3,22,23,24,25). The van der Waals surface area contributed by atoms with Gasteiger partial charge in [0.15, 0.2) is 5.96 Å². The molecular weight excluding hydrogens is 432 g/mol. The van der Waals surface area contributed by atoms with Crippen molar-refractivity contribution in [3.05, 3.63) is 24.5 Å². The van der Waals surface area contributed by atoms with E-state index in [9.17, 15) is 8.42 Å². The Bertz CT molecular complexity index is 785. The first-order valence-corrected chi connectivity index (χ1v) is 13.1. The summed E-state index contributed by atoms with van der Waals surface area (Å²) in [5.74, 6) is 0.307. The highest BCUT2D eigenvalue weighted by atomic mass is 32.2. The second-order valence-corrected chi connectivity index (χ2v) is 10.1. The molecule has 0 unspecified atom stereocenters. The molecule has 0 aromatic carbocycles. The van der Waals surface area contributed by atoms with E-state index in [0.29, 0.717) is 26.1 Å². The van der Waals surface area contributed by atoms with Gasteiger partial charge in [0.05, 0.1) is 31.6 Å². The fourth-order valence-corrected chi connectivity index (χ4v) is 5.26. The highest BCUT2D eigenvalue weighted by Crippen LogP contribution is 2.28. The number of hydrogen-bond donors (Lipinski definition) is 3. The number of nitrogens with zero attached hydrogens (tertiary/aromatic N) is 3. The summed E-state index contributed by atoms with van der Waals surface area (Å²) in [6, 6.07) is 3.56. The van der Waals surface area contributed by atoms with Crippen LogP contribution in [0.2, 0.25) is 0 Å². The third-order valence-corrected chi connectivity index (χ3v) is 7.46. The molecule has 180 valence electrons. The van der Waals surface area contributed by atoms with Gasteiger partial charge in [0, 0.05) is 44.3 Å². The van der Waals surface area contributed by atoms with Gasteiger partial charge in [0.1, 0.15) is 0 Å². The average molecular weight is 469 g/mol. The minimum Gasteiger partial charge on any atom is -0.379 e. The summed E-state index contributed by atoms with van der Waals surface area (Å²) in [7, 11) is -3.44. The molecule has 0 spiro atoms. The molecule has 3 N–H and O–H groups in total. The Morgan fingerprint density at radius 2 is 1.97 bits per heavy atom. The average Bonchev–Trinajstić information content (AvgIpc) is 2.75. The van der Waals surface area contributed by atoms with Crippen LogP contribution in [0.5, 0.6) is 0 Å². The number of sulfonamides is 1. The van der Waals surface area contributed by atoms with Gasteiger partial charge in [-0.25, -0.2) is 8.42 Å². The Hall–Kier alpha value is -1.79. The zero-order chi connectivity index (χ0) is 22.7. The number of morpholine rings is 1. The van der Waals surface area contributed by atoms with Crippen molar-refractivity contribution in [3.63, 3.8) is 0 Å². The van der Waals surface area contributed by atoms with Gasteiger partial charge in [-0.2, -0.15) is 0 Å². The van der Waals surface area contributed by atoms with E-state index in [1.807, 2.05) is 0 Å². The molecular formula is C21H36N6O4S. The fraction of sp³-hybridized carbons (Fsp3) is 0.714. The molecule has 1 saturated carbocycles. The number of pyridine rings is 1. The predicted octanol–water partition coefficient (Wildman–Crippen LogP) is 1.64. The van der Waals surface area contributed by atoms with E-state index in [1.54, 1.807) is 24.5 Å². The van der Waals surface area contributed by atoms with Crippen molar-refractivity contribution < 1.29 is 18.0 Å². The minimum atomic E-state index is -3.44. The van der Waals surface area contributed by atoms with Crippen LogP contribution in [0.1, 0.15) is 38.5 Å². The van der Waals surface area contributed by atoms with Gasteiger partial charge in [-0.1, -0.05) is 17.3 Å². The summed E-state index contributed by atoms with van der Waals surface area (Å²) in [6.07, 6.45) is 8.24. The molecule has 10 nitrogen and oxygen atoms in total. The van der Waals surface area contributed by atoms with Gasteiger partial charge in [-0.15, -0.1) is 0 Å². The van der Waals surface area contributed by atoms with Gasteiger partial charge < -0.3 is 15.4 Å². The molecule has 0 bridgehead atoms. The van der Waals surface area contributed by atoms with Crippen LogP contribution >= 0.6 is 0 Å². The molecule has 1 aromatic heterocycles. The molecule has 2 fully saturated rings. The third kappa shape index (κ3) is 8.28. The Kier molecular flexibility index (Phi) is 10.1. The number of guanidine groups is 1. The largest absolute Gasteiger partial charge is 0.379 e. The first-order valence-electron chi connectivity index (χ1n) is 11.5. The summed E-state index contributed by atoms with van der Waals surface area (Å²) < 4.78 is 32.4. The van der Waals surface area contributed by atoms with Gasteiger partial charge >= 0.3 is 0 Å². The monoisotopic (exact) mass is 468 g/mol. The SMILES string of the molecule is N=C(NCCCCCS(=O)(=O)N(OCCN1CCOCC1)C1CCC1)Nc1ccncc1. The Morgan fingerprint density at radius 1 is 1.22 bits per heavy atom. The fourth-order valence-electron chi connectivity index (χ4n) is 3.61. The molecule has 3 rings (SSSR count). The van der Waals surface area contributed by atoms with Crippen LogP contribution in [0.15, 0.2) is 24.5 Å². The van der Waals surface area contributed by atoms with Crippen molar-refractivity contribution >= 4 is 21.7 Å². The lowest BCUT2D eigenvalue weighted by molar-refractivity contribution is -0.135. The Balaban J connectivity index is 1.32. The van der Waals surface area contributed by atoms with Crippen LogP contribution in [0, 0.1) is 5.41 Å². The molecule has 0 atom stereocenters. The van der Waals surface area contributed by atoms with Crippen LogP contribution in [0.25, 0.3) is 0 Å². The molecule has 1 saturated heterocycles. The van der Waals surface area contributed by atoms with E-state index >= 15 is 0 Å². The lowest BCUT2D eigenvalue weighted by Crippen LogP contribution is -2.46. The maximum Gasteiger partial charge on any atom is 0.236 e. The Labute approximate surface area is 191 Å². The van der Waals surface area contributed by atoms with Crippen LogP contribution < -0.4 is 10.6 Å². The zero-order valence-corrected chi connectivity index (χ0v) is 19.5. The first-order chi connectivity index (χ1) is 15.5. The number of ether oxygens (including phenoxy) is 1. The number of nitrogens with one attached hydrogen (secondary N) is 3. The van der Waals surface area contributed by atoms with E-state index in [-0.39, 0.29) is 17.8 Å². The van der Waals surface area contributed by atoms with Crippen LogP contribution in [-0.2, 0) is 19.6 Å². The number of aromatic nitrogens is 1. The second-order valence-electron chi connectivity index (χ2n) is 8.17. The maximum absolute atomic E-state index is 12.9. The summed E-state index contributed by atoms with van der Waals surface area (Å²) in [5, 5.41) is 13.8. The second kappa shape index (κ2) is 13.0. The maximum atomic E-state index is 12.9. The minimum absolute atomic E-state index is 0.0221. The number of anilines is 1. The number of hydrogen-bond acceptors (Lipinski definition) is 7. The van der Waals surface area contributed by atoms with E-state index in [2.05, 4.69) is 20.5 Å².